The Morgan fingerprint density at radius 2 is 1.69 bits per heavy atom. The Hall–Kier alpha value is -4.27. The molecule has 6 aromatic rings. The number of hydrogen-bond donors (Lipinski definition) is 0. The Morgan fingerprint density at radius 3 is 2.44 bits per heavy atom. The molecule has 176 valence electrons. The lowest BCUT2D eigenvalue weighted by Crippen LogP contribution is -2.23. The molecule has 0 saturated heterocycles. The van der Waals surface area contributed by atoms with Crippen molar-refractivity contribution in [2.45, 2.75) is 0 Å². The zero-order valence-electron chi connectivity index (χ0n) is 19.0. The predicted molar refractivity (Wildman–Crippen MR) is 142 cm³/mol. The molecule has 0 fully saturated rings. The first-order chi connectivity index (χ1) is 17.6. The topological polar surface area (TPSA) is 74.3 Å². The van der Waals surface area contributed by atoms with E-state index in [1.54, 1.807) is 11.8 Å². The molecule has 0 amide bonds. The van der Waals surface area contributed by atoms with Crippen molar-refractivity contribution in [3.8, 4) is 34.1 Å². The van der Waals surface area contributed by atoms with Crippen molar-refractivity contribution in [3.05, 3.63) is 111 Å². The smallest absolute Gasteiger partial charge is 0.291 e. The van der Waals surface area contributed by atoms with Gasteiger partial charge in [0.05, 0.1) is 22.9 Å². The summed E-state index contributed by atoms with van der Waals surface area (Å²) in [5.74, 6) is 1.09. The van der Waals surface area contributed by atoms with Gasteiger partial charge < -0.3 is 4.74 Å². The van der Waals surface area contributed by atoms with Crippen LogP contribution in [-0.2, 0) is 0 Å². The van der Waals surface area contributed by atoms with E-state index in [1.807, 2.05) is 91.1 Å². The van der Waals surface area contributed by atoms with Gasteiger partial charge in [0.25, 0.3) is 5.56 Å². The summed E-state index contributed by atoms with van der Waals surface area (Å²) in [5.41, 5.74) is 3.84. The molecule has 6 rings (SSSR count). The third kappa shape index (κ3) is 3.96. The number of halogens is 1. The van der Waals surface area contributed by atoms with Gasteiger partial charge in [-0.2, -0.15) is 14.6 Å². The molecule has 3 aromatic carbocycles. The van der Waals surface area contributed by atoms with Gasteiger partial charge in [0.15, 0.2) is 5.82 Å². The molecular weight excluding hydrogens is 494 g/mol. The van der Waals surface area contributed by atoms with Gasteiger partial charge in [0.2, 0.25) is 4.96 Å². The number of fused-ring (bicyclic) bond motifs is 1. The lowest BCUT2D eigenvalue weighted by Gasteiger charge is -2.03. The maximum absolute atomic E-state index is 13.3. The summed E-state index contributed by atoms with van der Waals surface area (Å²) in [6.45, 7) is 0. The monoisotopic (exact) mass is 511 g/mol. The summed E-state index contributed by atoms with van der Waals surface area (Å²) in [5, 5.41) is 9.92. The van der Waals surface area contributed by atoms with Crippen molar-refractivity contribution in [2.24, 2.45) is 0 Å². The number of aromatic nitrogens is 5. The van der Waals surface area contributed by atoms with Crippen molar-refractivity contribution >= 4 is 34.0 Å². The summed E-state index contributed by atoms with van der Waals surface area (Å²) in [7, 11) is 1.59. The van der Waals surface area contributed by atoms with E-state index >= 15 is 0 Å². The number of thiazole rings is 1. The van der Waals surface area contributed by atoms with E-state index in [1.165, 1.54) is 15.9 Å². The molecule has 0 aliphatic carbocycles. The van der Waals surface area contributed by atoms with Crippen LogP contribution < -0.4 is 14.8 Å². The molecule has 9 heteroatoms. The third-order valence-corrected chi connectivity index (χ3v) is 6.91. The van der Waals surface area contributed by atoms with Crippen LogP contribution in [0.2, 0.25) is 5.02 Å². The van der Waals surface area contributed by atoms with Gasteiger partial charge in [0.1, 0.15) is 11.4 Å². The molecule has 0 aliphatic heterocycles. The molecule has 36 heavy (non-hydrogen) atoms. The van der Waals surface area contributed by atoms with Crippen LogP contribution in [-0.4, -0.2) is 31.5 Å². The fourth-order valence-corrected chi connectivity index (χ4v) is 4.98. The van der Waals surface area contributed by atoms with E-state index in [-0.39, 0.29) is 5.56 Å². The molecule has 0 spiro atoms. The van der Waals surface area contributed by atoms with E-state index in [0.29, 0.717) is 26.1 Å². The Labute approximate surface area is 214 Å². The van der Waals surface area contributed by atoms with E-state index in [4.69, 9.17) is 21.4 Å². The minimum Gasteiger partial charge on any atom is -0.496 e. The quantitative estimate of drug-likeness (QED) is 0.330. The maximum atomic E-state index is 13.3. The van der Waals surface area contributed by atoms with Crippen molar-refractivity contribution in [1.82, 2.24) is 24.4 Å². The van der Waals surface area contributed by atoms with Crippen molar-refractivity contribution in [2.75, 3.05) is 7.11 Å². The Morgan fingerprint density at radius 1 is 0.944 bits per heavy atom. The molecule has 7 nitrogen and oxygen atoms in total. The zero-order valence-corrected chi connectivity index (χ0v) is 20.6. The van der Waals surface area contributed by atoms with Crippen molar-refractivity contribution in [3.63, 3.8) is 0 Å². The van der Waals surface area contributed by atoms with E-state index in [9.17, 15) is 4.79 Å². The van der Waals surface area contributed by atoms with Crippen LogP contribution in [0, 0.1) is 0 Å². The number of ether oxygens (including phenoxy) is 1. The highest BCUT2D eigenvalue weighted by Gasteiger charge is 2.16. The van der Waals surface area contributed by atoms with Gasteiger partial charge in [-0.1, -0.05) is 65.4 Å². The minimum absolute atomic E-state index is 0.238. The third-order valence-electron chi connectivity index (χ3n) is 5.70. The predicted octanol–water partition coefficient (Wildman–Crippen LogP) is 4.88. The second-order valence-corrected chi connectivity index (χ2v) is 9.41. The molecule has 0 unspecified atom stereocenters. The number of nitrogens with zero attached hydrogens (tertiary/aromatic N) is 5. The summed E-state index contributed by atoms with van der Waals surface area (Å²) in [6, 6.07) is 24.8. The molecule has 0 radical (unpaired) electrons. The Balaban J connectivity index is 1.49. The van der Waals surface area contributed by atoms with Gasteiger partial charge in [-0.15, -0.1) is 5.10 Å². The van der Waals surface area contributed by atoms with Crippen molar-refractivity contribution < 1.29 is 4.74 Å². The normalized spacial score (nSPS) is 11.9. The minimum atomic E-state index is -0.238. The first kappa shape index (κ1) is 22.2. The second-order valence-electron chi connectivity index (χ2n) is 7.97. The molecule has 0 atom stereocenters. The Bertz CT molecular complexity index is 1810. The van der Waals surface area contributed by atoms with E-state index in [2.05, 4.69) is 10.1 Å². The fraction of sp³-hybridized carbons (Fsp3) is 0.0370. The second kappa shape index (κ2) is 9.07. The van der Waals surface area contributed by atoms with Gasteiger partial charge in [-0.05, 0) is 42.5 Å². The maximum Gasteiger partial charge on any atom is 0.291 e. The number of para-hydroxylation sites is 2. The SMILES string of the molecule is COc1ccccc1-c1nc2sc(=Cc3cn(-c4ccccc4)nc3-c3ccc(Cl)cc3)c(=O)n2n1. The molecule has 0 aliphatic rings. The average molecular weight is 512 g/mol. The van der Waals surface area contributed by atoms with Gasteiger partial charge >= 0.3 is 0 Å². The van der Waals surface area contributed by atoms with Gasteiger partial charge in [-0.3, -0.25) is 4.79 Å². The summed E-state index contributed by atoms with van der Waals surface area (Å²) in [4.78, 5) is 18.4. The average Bonchev–Trinajstić information content (AvgIpc) is 3.60. The van der Waals surface area contributed by atoms with Crippen LogP contribution in [0.3, 0.4) is 0 Å². The van der Waals surface area contributed by atoms with Crippen molar-refractivity contribution in [1.29, 1.82) is 0 Å². The Kier molecular flexibility index (Phi) is 5.59. The number of hydrogen-bond acceptors (Lipinski definition) is 6. The molecular formula is C27H18ClN5O2S. The molecule has 0 saturated carbocycles. The summed E-state index contributed by atoms with van der Waals surface area (Å²) < 4.78 is 9.07. The highest BCUT2D eigenvalue weighted by Crippen LogP contribution is 2.28. The first-order valence-corrected chi connectivity index (χ1v) is 12.3. The van der Waals surface area contributed by atoms with Crippen LogP contribution >= 0.6 is 22.9 Å². The van der Waals surface area contributed by atoms with E-state index in [0.717, 1.165) is 28.1 Å². The largest absolute Gasteiger partial charge is 0.496 e. The zero-order chi connectivity index (χ0) is 24.6. The fourth-order valence-electron chi connectivity index (χ4n) is 3.96. The van der Waals surface area contributed by atoms with Crippen LogP contribution in [0.15, 0.2) is 89.9 Å². The highest BCUT2D eigenvalue weighted by molar-refractivity contribution is 7.15. The van der Waals surface area contributed by atoms with Crippen LogP contribution in [0.1, 0.15) is 5.56 Å². The van der Waals surface area contributed by atoms with Gasteiger partial charge in [-0.25, -0.2) is 4.68 Å². The lowest BCUT2D eigenvalue weighted by atomic mass is 10.1. The van der Waals surface area contributed by atoms with Crippen LogP contribution in [0.25, 0.3) is 39.4 Å². The van der Waals surface area contributed by atoms with Crippen LogP contribution in [0.4, 0.5) is 0 Å². The lowest BCUT2D eigenvalue weighted by molar-refractivity contribution is 0.416. The number of benzene rings is 3. The summed E-state index contributed by atoms with van der Waals surface area (Å²) >= 11 is 7.38. The first-order valence-electron chi connectivity index (χ1n) is 11.1. The number of methoxy groups -OCH3 is 1. The van der Waals surface area contributed by atoms with Gasteiger partial charge in [0, 0.05) is 22.3 Å². The molecule has 0 bridgehead atoms. The molecule has 3 heterocycles. The molecule has 0 N–H and O–H groups in total. The number of rotatable bonds is 5. The standard InChI is InChI=1S/C27H18ClN5O2S/c1-35-22-10-6-5-9-21(22)25-29-27-33(31-25)26(34)23(36-27)15-18-16-32(20-7-3-2-4-8-20)30-24(18)17-11-13-19(28)14-12-17/h2-16H,1H3. The molecule has 3 aromatic heterocycles. The van der Waals surface area contributed by atoms with E-state index < -0.39 is 0 Å². The highest BCUT2D eigenvalue weighted by atomic mass is 35.5. The summed E-state index contributed by atoms with van der Waals surface area (Å²) in [6.07, 6.45) is 3.75. The van der Waals surface area contributed by atoms with Crippen LogP contribution in [0.5, 0.6) is 5.75 Å².